The standard InChI is InChI=1S/C16H18N2O2/c1-2-20-16(19)15(17)11-12-4-3-5-14(10-12)13-6-8-18-9-7-13/h3-10,15H,2,11,17H2,1H3. The molecule has 0 aliphatic heterocycles. The Morgan fingerprint density at radius 2 is 2.00 bits per heavy atom. The second-order valence-corrected chi connectivity index (χ2v) is 4.50. The number of nitrogens with two attached hydrogens (primary N) is 1. The van der Waals surface area contributed by atoms with Crippen molar-refractivity contribution in [3.05, 3.63) is 54.4 Å². The molecule has 0 bridgehead atoms. The highest BCUT2D eigenvalue weighted by Crippen LogP contribution is 2.20. The van der Waals surface area contributed by atoms with Gasteiger partial charge in [0.2, 0.25) is 0 Å². The van der Waals surface area contributed by atoms with E-state index in [2.05, 4.69) is 4.98 Å². The van der Waals surface area contributed by atoms with Gasteiger partial charge < -0.3 is 10.5 Å². The summed E-state index contributed by atoms with van der Waals surface area (Å²) in [6, 6.07) is 11.3. The third-order valence-electron chi connectivity index (χ3n) is 2.99. The van der Waals surface area contributed by atoms with Crippen molar-refractivity contribution in [1.29, 1.82) is 0 Å². The molecule has 1 atom stereocenters. The molecule has 1 aromatic carbocycles. The lowest BCUT2D eigenvalue weighted by atomic mass is 10.0. The van der Waals surface area contributed by atoms with Gasteiger partial charge >= 0.3 is 5.97 Å². The Kier molecular flexibility index (Phi) is 4.85. The fourth-order valence-electron chi connectivity index (χ4n) is 2.01. The average Bonchev–Trinajstić information content (AvgIpc) is 2.48. The van der Waals surface area contributed by atoms with Crippen molar-refractivity contribution in [1.82, 2.24) is 4.98 Å². The Bertz CT molecular complexity index is 570. The van der Waals surface area contributed by atoms with Crippen LogP contribution in [0.1, 0.15) is 12.5 Å². The van der Waals surface area contributed by atoms with Crippen LogP contribution in [0.25, 0.3) is 11.1 Å². The third-order valence-corrected chi connectivity index (χ3v) is 2.99. The molecule has 4 heteroatoms. The van der Waals surface area contributed by atoms with Gasteiger partial charge in [0.15, 0.2) is 0 Å². The maximum atomic E-state index is 11.5. The van der Waals surface area contributed by atoms with Crippen LogP contribution in [0.15, 0.2) is 48.8 Å². The molecule has 0 amide bonds. The van der Waals surface area contributed by atoms with Gasteiger partial charge in [-0.2, -0.15) is 0 Å². The summed E-state index contributed by atoms with van der Waals surface area (Å²) >= 11 is 0. The first-order valence-corrected chi connectivity index (χ1v) is 6.62. The van der Waals surface area contributed by atoms with Crippen molar-refractivity contribution in [2.75, 3.05) is 6.61 Å². The van der Waals surface area contributed by atoms with E-state index in [1.54, 1.807) is 19.3 Å². The zero-order valence-corrected chi connectivity index (χ0v) is 11.5. The highest BCUT2D eigenvalue weighted by atomic mass is 16.5. The van der Waals surface area contributed by atoms with Gasteiger partial charge in [-0.25, -0.2) is 0 Å². The van der Waals surface area contributed by atoms with E-state index in [1.165, 1.54) is 0 Å². The molecule has 2 aromatic rings. The number of ether oxygens (including phenoxy) is 1. The normalized spacial score (nSPS) is 11.9. The average molecular weight is 270 g/mol. The predicted molar refractivity (Wildman–Crippen MR) is 78.0 cm³/mol. The van der Waals surface area contributed by atoms with Gasteiger partial charge in [-0.3, -0.25) is 9.78 Å². The molecule has 0 radical (unpaired) electrons. The highest BCUT2D eigenvalue weighted by molar-refractivity contribution is 5.76. The number of benzene rings is 1. The Morgan fingerprint density at radius 1 is 1.25 bits per heavy atom. The van der Waals surface area contributed by atoms with Crippen LogP contribution in [0.2, 0.25) is 0 Å². The molecule has 2 N–H and O–H groups in total. The molecular weight excluding hydrogens is 252 g/mol. The summed E-state index contributed by atoms with van der Waals surface area (Å²) in [5.41, 5.74) is 9.03. The lowest BCUT2D eigenvalue weighted by Crippen LogP contribution is -2.34. The molecule has 1 unspecified atom stereocenters. The van der Waals surface area contributed by atoms with E-state index in [9.17, 15) is 4.79 Å². The van der Waals surface area contributed by atoms with Crippen LogP contribution in [0.5, 0.6) is 0 Å². The number of rotatable bonds is 5. The number of carbonyl (C=O) groups excluding carboxylic acids is 1. The zero-order valence-electron chi connectivity index (χ0n) is 11.5. The van der Waals surface area contributed by atoms with Gasteiger partial charge in [0, 0.05) is 12.4 Å². The molecule has 2 rings (SSSR count). The van der Waals surface area contributed by atoms with Gasteiger partial charge in [-0.1, -0.05) is 24.3 Å². The van der Waals surface area contributed by atoms with Crippen molar-refractivity contribution < 1.29 is 9.53 Å². The number of hydrogen-bond acceptors (Lipinski definition) is 4. The number of nitrogens with zero attached hydrogens (tertiary/aromatic N) is 1. The first-order chi connectivity index (χ1) is 9.70. The number of aromatic nitrogens is 1. The summed E-state index contributed by atoms with van der Waals surface area (Å²) in [5.74, 6) is -0.359. The smallest absolute Gasteiger partial charge is 0.323 e. The van der Waals surface area contributed by atoms with Crippen molar-refractivity contribution in [3.8, 4) is 11.1 Å². The van der Waals surface area contributed by atoms with Crippen LogP contribution >= 0.6 is 0 Å². The highest BCUT2D eigenvalue weighted by Gasteiger charge is 2.15. The Labute approximate surface area is 118 Å². The van der Waals surface area contributed by atoms with Gasteiger partial charge in [-0.05, 0) is 42.2 Å². The SMILES string of the molecule is CCOC(=O)C(N)Cc1cccc(-c2ccncc2)c1. The minimum atomic E-state index is -0.623. The molecule has 104 valence electrons. The summed E-state index contributed by atoms with van der Waals surface area (Å²) in [4.78, 5) is 15.6. The molecular formula is C16H18N2O2. The molecule has 20 heavy (non-hydrogen) atoms. The Hall–Kier alpha value is -2.20. The first-order valence-electron chi connectivity index (χ1n) is 6.62. The quantitative estimate of drug-likeness (QED) is 0.846. The topological polar surface area (TPSA) is 65.2 Å². The molecule has 1 aromatic heterocycles. The summed E-state index contributed by atoms with van der Waals surface area (Å²) in [6.45, 7) is 2.12. The monoisotopic (exact) mass is 270 g/mol. The largest absolute Gasteiger partial charge is 0.465 e. The molecule has 0 aliphatic rings. The van der Waals surface area contributed by atoms with Crippen LogP contribution in [-0.4, -0.2) is 23.6 Å². The number of esters is 1. The predicted octanol–water partition coefficient (Wildman–Crippen LogP) is 2.18. The van der Waals surface area contributed by atoms with E-state index in [0.29, 0.717) is 13.0 Å². The minimum Gasteiger partial charge on any atom is -0.465 e. The third kappa shape index (κ3) is 3.65. The van der Waals surface area contributed by atoms with Crippen molar-refractivity contribution >= 4 is 5.97 Å². The Balaban J connectivity index is 2.12. The fraction of sp³-hybridized carbons (Fsp3) is 0.250. The maximum Gasteiger partial charge on any atom is 0.323 e. The van der Waals surface area contributed by atoms with Crippen LogP contribution in [0.4, 0.5) is 0 Å². The van der Waals surface area contributed by atoms with Crippen LogP contribution < -0.4 is 5.73 Å². The van der Waals surface area contributed by atoms with E-state index < -0.39 is 6.04 Å². The summed E-state index contributed by atoms with van der Waals surface area (Å²) < 4.78 is 4.92. The van der Waals surface area contributed by atoms with Crippen molar-refractivity contribution in [2.45, 2.75) is 19.4 Å². The van der Waals surface area contributed by atoms with E-state index >= 15 is 0 Å². The van der Waals surface area contributed by atoms with E-state index in [-0.39, 0.29) is 5.97 Å². The lowest BCUT2D eigenvalue weighted by Gasteiger charge is -2.11. The number of hydrogen-bond donors (Lipinski definition) is 1. The maximum absolute atomic E-state index is 11.5. The molecule has 0 fully saturated rings. The summed E-state index contributed by atoms with van der Waals surface area (Å²) in [7, 11) is 0. The van der Waals surface area contributed by atoms with E-state index in [0.717, 1.165) is 16.7 Å². The van der Waals surface area contributed by atoms with Gasteiger partial charge in [0.25, 0.3) is 0 Å². The first kappa shape index (κ1) is 14.2. The van der Waals surface area contributed by atoms with E-state index in [4.69, 9.17) is 10.5 Å². The summed E-state index contributed by atoms with van der Waals surface area (Å²) in [5, 5.41) is 0. The van der Waals surface area contributed by atoms with Crippen molar-refractivity contribution in [3.63, 3.8) is 0 Å². The minimum absolute atomic E-state index is 0.351. The second-order valence-electron chi connectivity index (χ2n) is 4.50. The fourth-order valence-corrected chi connectivity index (χ4v) is 2.01. The molecule has 0 saturated heterocycles. The van der Waals surface area contributed by atoms with Crippen LogP contribution in [-0.2, 0) is 16.0 Å². The van der Waals surface area contributed by atoms with Gasteiger partial charge in [0.05, 0.1) is 6.61 Å². The number of carbonyl (C=O) groups is 1. The van der Waals surface area contributed by atoms with Crippen molar-refractivity contribution in [2.24, 2.45) is 5.73 Å². The molecule has 1 heterocycles. The van der Waals surface area contributed by atoms with Crippen LogP contribution in [0, 0.1) is 0 Å². The number of pyridine rings is 1. The van der Waals surface area contributed by atoms with Gasteiger partial charge in [-0.15, -0.1) is 0 Å². The van der Waals surface area contributed by atoms with Crippen LogP contribution in [0.3, 0.4) is 0 Å². The molecule has 0 saturated carbocycles. The Morgan fingerprint density at radius 3 is 2.70 bits per heavy atom. The second kappa shape index (κ2) is 6.82. The zero-order chi connectivity index (χ0) is 14.4. The molecule has 0 aliphatic carbocycles. The molecule has 0 spiro atoms. The summed E-state index contributed by atoms with van der Waals surface area (Å²) in [6.07, 6.45) is 3.98. The van der Waals surface area contributed by atoms with Gasteiger partial charge in [0.1, 0.15) is 6.04 Å². The molecule has 4 nitrogen and oxygen atoms in total. The lowest BCUT2D eigenvalue weighted by molar-refractivity contribution is -0.144. The van der Waals surface area contributed by atoms with E-state index in [1.807, 2.05) is 36.4 Å².